The van der Waals surface area contributed by atoms with Gasteiger partial charge in [-0.25, -0.2) is 21.9 Å². The van der Waals surface area contributed by atoms with E-state index in [0.717, 1.165) is 31.4 Å². The van der Waals surface area contributed by atoms with Crippen LogP contribution in [0.3, 0.4) is 0 Å². The molecule has 10 heteroatoms. The average molecular weight is 358 g/mol. The van der Waals surface area contributed by atoms with Crippen molar-refractivity contribution >= 4 is 10.0 Å². The molecule has 0 amide bonds. The standard InChI is InChI=1S/C14H16F2N4O3S/c15-10-3-2-9(8-11(10)16)24(21,22)18-7-4-12-19-13(20-23-12)14(17)5-1-6-14/h2-3,8,18H,1,4-7,17H2. The van der Waals surface area contributed by atoms with Crippen LogP contribution in [0, 0.1) is 11.6 Å². The molecule has 3 N–H and O–H groups in total. The molecular formula is C14H16F2N4O3S. The molecule has 1 aromatic carbocycles. The summed E-state index contributed by atoms with van der Waals surface area (Å²) in [4.78, 5) is 3.82. The van der Waals surface area contributed by atoms with E-state index in [4.69, 9.17) is 10.3 Å². The Kier molecular flexibility index (Phi) is 4.37. The third-order valence-corrected chi connectivity index (χ3v) is 5.45. The van der Waals surface area contributed by atoms with Crippen molar-refractivity contribution < 1.29 is 21.7 Å². The van der Waals surface area contributed by atoms with Gasteiger partial charge in [0.05, 0.1) is 10.4 Å². The minimum absolute atomic E-state index is 0.0272. The van der Waals surface area contributed by atoms with Crippen molar-refractivity contribution in [2.75, 3.05) is 6.54 Å². The van der Waals surface area contributed by atoms with Gasteiger partial charge in [-0.05, 0) is 37.5 Å². The van der Waals surface area contributed by atoms with E-state index in [1.165, 1.54) is 0 Å². The van der Waals surface area contributed by atoms with Crippen LogP contribution in [0.4, 0.5) is 8.78 Å². The smallest absolute Gasteiger partial charge is 0.240 e. The number of nitrogens with one attached hydrogen (secondary N) is 1. The fourth-order valence-corrected chi connectivity index (χ4v) is 3.40. The van der Waals surface area contributed by atoms with E-state index in [9.17, 15) is 17.2 Å². The molecule has 1 saturated carbocycles. The highest BCUT2D eigenvalue weighted by Crippen LogP contribution is 2.36. The number of aromatic nitrogens is 2. The summed E-state index contributed by atoms with van der Waals surface area (Å²) in [6, 6.07) is 2.37. The summed E-state index contributed by atoms with van der Waals surface area (Å²) in [5.74, 6) is -1.66. The lowest BCUT2D eigenvalue weighted by molar-refractivity contribution is 0.229. The monoisotopic (exact) mass is 358 g/mol. The van der Waals surface area contributed by atoms with Crippen LogP contribution in [-0.4, -0.2) is 25.1 Å². The molecule has 0 saturated heterocycles. The van der Waals surface area contributed by atoms with Crippen LogP contribution in [0.15, 0.2) is 27.6 Å². The minimum atomic E-state index is -3.96. The van der Waals surface area contributed by atoms with Crippen LogP contribution in [0.1, 0.15) is 31.0 Å². The third-order valence-electron chi connectivity index (χ3n) is 3.99. The maximum atomic E-state index is 13.1. The number of halogens is 2. The second-order valence-corrected chi connectivity index (χ2v) is 7.51. The molecular weight excluding hydrogens is 342 g/mol. The number of benzene rings is 1. The van der Waals surface area contributed by atoms with E-state index in [2.05, 4.69) is 14.9 Å². The zero-order valence-electron chi connectivity index (χ0n) is 12.6. The quantitative estimate of drug-likeness (QED) is 0.803. The van der Waals surface area contributed by atoms with Gasteiger partial charge >= 0.3 is 0 Å². The summed E-state index contributed by atoms with van der Waals surface area (Å²) in [6.45, 7) is -0.0272. The molecule has 0 spiro atoms. The van der Waals surface area contributed by atoms with Crippen molar-refractivity contribution in [1.82, 2.24) is 14.9 Å². The number of rotatable bonds is 6. The zero-order valence-corrected chi connectivity index (χ0v) is 13.4. The van der Waals surface area contributed by atoms with Crippen molar-refractivity contribution in [1.29, 1.82) is 0 Å². The SMILES string of the molecule is NC1(c2noc(CCNS(=O)(=O)c3ccc(F)c(F)c3)n2)CCC1. The fourth-order valence-electron chi connectivity index (χ4n) is 2.36. The van der Waals surface area contributed by atoms with E-state index in [0.29, 0.717) is 11.9 Å². The summed E-state index contributed by atoms with van der Waals surface area (Å²) < 4.78 is 57.4. The van der Waals surface area contributed by atoms with Crippen molar-refractivity contribution in [3.05, 3.63) is 41.5 Å². The Hall–Kier alpha value is -1.91. The Morgan fingerprint density at radius 3 is 2.67 bits per heavy atom. The Labute approximate surface area is 137 Å². The van der Waals surface area contributed by atoms with Crippen LogP contribution in [0.25, 0.3) is 0 Å². The maximum absolute atomic E-state index is 13.1. The summed E-state index contributed by atoms with van der Waals surface area (Å²) in [7, 11) is -3.96. The number of sulfonamides is 1. The van der Waals surface area contributed by atoms with E-state index >= 15 is 0 Å². The normalized spacial score (nSPS) is 16.8. The molecule has 2 aromatic rings. The van der Waals surface area contributed by atoms with Gasteiger partial charge in [0.1, 0.15) is 0 Å². The lowest BCUT2D eigenvalue weighted by Gasteiger charge is -2.34. The summed E-state index contributed by atoms with van der Waals surface area (Å²) in [5, 5.41) is 3.82. The lowest BCUT2D eigenvalue weighted by Crippen LogP contribution is -2.44. The summed E-state index contributed by atoms with van der Waals surface area (Å²) in [5.41, 5.74) is 5.53. The summed E-state index contributed by atoms with van der Waals surface area (Å²) in [6.07, 6.45) is 2.74. The van der Waals surface area contributed by atoms with Crippen LogP contribution < -0.4 is 10.5 Å². The molecule has 3 rings (SSSR count). The van der Waals surface area contributed by atoms with Crippen molar-refractivity contribution in [2.24, 2.45) is 5.73 Å². The topological polar surface area (TPSA) is 111 Å². The maximum Gasteiger partial charge on any atom is 0.240 e. The van der Waals surface area contributed by atoms with Gasteiger partial charge in [-0.3, -0.25) is 0 Å². The Morgan fingerprint density at radius 2 is 2.04 bits per heavy atom. The molecule has 1 aliphatic rings. The predicted molar refractivity (Wildman–Crippen MR) is 79.3 cm³/mol. The molecule has 1 heterocycles. The van der Waals surface area contributed by atoms with E-state index in [1.807, 2.05) is 0 Å². The van der Waals surface area contributed by atoms with Gasteiger partial charge in [0.2, 0.25) is 15.9 Å². The highest BCUT2D eigenvalue weighted by atomic mass is 32.2. The molecule has 130 valence electrons. The predicted octanol–water partition coefficient (Wildman–Crippen LogP) is 1.21. The molecule has 7 nitrogen and oxygen atoms in total. The second kappa shape index (κ2) is 6.19. The van der Waals surface area contributed by atoms with Crippen LogP contribution in [-0.2, 0) is 22.0 Å². The van der Waals surface area contributed by atoms with Crippen LogP contribution in [0.2, 0.25) is 0 Å². The number of hydrogen-bond acceptors (Lipinski definition) is 6. The van der Waals surface area contributed by atoms with E-state index in [-0.39, 0.29) is 23.8 Å². The largest absolute Gasteiger partial charge is 0.339 e. The first-order chi connectivity index (χ1) is 11.3. The fraction of sp³-hybridized carbons (Fsp3) is 0.429. The number of nitrogens with zero attached hydrogens (tertiary/aromatic N) is 2. The second-order valence-electron chi connectivity index (χ2n) is 5.75. The average Bonchev–Trinajstić information content (AvgIpc) is 2.96. The van der Waals surface area contributed by atoms with E-state index < -0.39 is 27.2 Å². The first-order valence-electron chi connectivity index (χ1n) is 7.37. The Morgan fingerprint density at radius 1 is 1.29 bits per heavy atom. The van der Waals surface area contributed by atoms with Gasteiger partial charge in [-0.15, -0.1) is 0 Å². The molecule has 0 aliphatic heterocycles. The molecule has 1 aromatic heterocycles. The summed E-state index contributed by atoms with van der Waals surface area (Å²) >= 11 is 0. The molecule has 0 bridgehead atoms. The van der Waals surface area contributed by atoms with Crippen molar-refractivity contribution in [3.63, 3.8) is 0 Å². The first-order valence-corrected chi connectivity index (χ1v) is 8.85. The van der Waals surface area contributed by atoms with Crippen LogP contribution >= 0.6 is 0 Å². The van der Waals surface area contributed by atoms with Gasteiger partial charge < -0.3 is 10.3 Å². The van der Waals surface area contributed by atoms with Gasteiger partial charge in [0.15, 0.2) is 17.5 Å². The van der Waals surface area contributed by atoms with E-state index in [1.54, 1.807) is 0 Å². The van der Waals surface area contributed by atoms with Crippen LogP contribution in [0.5, 0.6) is 0 Å². The zero-order chi connectivity index (χ0) is 17.4. The molecule has 0 unspecified atom stereocenters. The molecule has 1 aliphatic carbocycles. The number of nitrogens with two attached hydrogens (primary N) is 1. The Balaban J connectivity index is 1.60. The lowest BCUT2D eigenvalue weighted by atomic mass is 9.77. The van der Waals surface area contributed by atoms with Crippen molar-refractivity contribution in [3.8, 4) is 0 Å². The molecule has 1 fully saturated rings. The van der Waals surface area contributed by atoms with Crippen molar-refractivity contribution in [2.45, 2.75) is 36.1 Å². The third kappa shape index (κ3) is 3.30. The van der Waals surface area contributed by atoms with Gasteiger partial charge in [0, 0.05) is 13.0 Å². The highest BCUT2D eigenvalue weighted by molar-refractivity contribution is 7.89. The first kappa shape index (κ1) is 16.9. The Bertz CT molecular complexity index is 849. The molecule has 0 atom stereocenters. The van der Waals surface area contributed by atoms with Gasteiger partial charge in [0.25, 0.3) is 0 Å². The van der Waals surface area contributed by atoms with Gasteiger partial charge in [-0.1, -0.05) is 5.16 Å². The number of hydrogen-bond donors (Lipinski definition) is 2. The highest BCUT2D eigenvalue weighted by Gasteiger charge is 2.38. The molecule has 24 heavy (non-hydrogen) atoms. The minimum Gasteiger partial charge on any atom is -0.339 e. The van der Waals surface area contributed by atoms with Gasteiger partial charge in [-0.2, -0.15) is 4.98 Å². The molecule has 0 radical (unpaired) electrons.